The van der Waals surface area contributed by atoms with Crippen LogP contribution in [0.2, 0.25) is 0 Å². The van der Waals surface area contributed by atoms with Crippen molar-refractivity contribution >= 4 is 23.2 Å². The molecule has 0 unspecified atom stereocenters. The summed E-state index contributed by atoms with van der Waals surface area (Å²) < 4.78 is 0. The van der Waals surface area contributed by atoms with Crippen LogP contribution in [-0.4, -0.2) is 32.2 Å². The molecule has 0 heterocycles. The normalized spacial score (nSPS) is 12.4. The molecule has 0 saturated heterocycles. The number of aryl methyl sites for hydroxylation is 4. The molecule has 4 aromatic rings. The van der Waals surface area contributed by atoms with Crippen LogP contribution in [0.15, 0.2) is 48.5 Å². The molecule has 0 saturated carbocycles. The molecule has 0 aliphatic rings. The molecule has 6 N–H and O–H groups in total. The second kappa shape index (κ2) is 17.1. The number of aromatic hydroxyl groups is 4. The van der Waals surface area contributed by atoms with Gasteiger partial charge in [0.05, 0.1) is 0 Å². The number of phenols is 4. The Labute approximate surface area is 347 Å². The maximum atomic E-state index is 13.3. The molecule has 0 aliphatic heterocycles. The Bertz CT molecular complexity index is 2100. The third-order valence-electron chi connectivity index (χ3n) is 10.8. The lowest BCUT2D eigenvalue weighted by molar-refractivity contribution is -0.117. The Morgan fingerprint density at radius 3 is 1.14 bits per heavy atom. The van der Waals surface area contributed by atoms with E-state index in [4.69, 9.17) is 0 Å². The minimum Gasteiger partial charge on any atom is -0.507 e. The first-order chi connectivity index (χ1) is 26.6. The smallest absolute Gasteiger partial charge is 0.224 e. The molecule has 4 aromatic carbocycles. The quantitative estimate of drug-likeness (QED) is 0.0836. The third kappa shape index (κ3) is 11.4. The number of hydrogen-bond acceptors (Lipinski definition) is 6. The Hall–Kier alpha value is -4.98. The van der Waals surface area contributed by atoms with Gasteiger partial charge in [-0.3, -0.25) is 9.59 Å². The zero-order valence-electron chi connectivity index (χ0n) is 37.5. The molecule has 58 heavy (non-hydrogen) atoms. The molecule has 2 amide bonds. The van der Waals surface area contributed by atoms with Gasteiger partial charge in [0.25, 0.3) is 0 Å². The second-order valence-corrected chi connectivity index (χ2v) is 20.3. The second-order valence-electron chi connectivity index (χ2n) is 20.3. The molecule has 0 spiro atoms. The Morgan fingerprint density at radius 1 is 0.466 bits per heavy atom. The summed E-state index contributed by atoms with van der Waals surface area (Å²) in [6.07, 6.45) is 2.46. The van der Waals surface area contributed by atoms with E-state index in [1.165, 1.54) is 0 Å². The van der Waals surface area contributed by atoms with Gasteiger partial charge in [0.2, 0.25) is 11.8 Å². The molecule has 0 aromatic heterocycles. The minimum absolute atomic E-state index is 0.0662. The van der Waals surface area contributed by atoms with Crippen LogP contribution < -0.4 is 10.6 Å². The maximum absolute atomic E-state index is 13.3. The number of phenolic OH excluding ortho intramolecular Hbond substituents is 4. The van der Waals surface area contributed by atoms with Crippen LogP contribution in [0.1, 0.15) is 158 Å². The Morgan fingerprint density at radius 2 is 0.793 bits per heavy atom. The number of carbonyl (C=O) groups excluding carboxylic acids is 2. The topological polar surface area (TPSA) is 139 Å². The first kappa shape index (κ1) is 45.7. The van der Waals surface area contributed by atoms with Crippen molar-refractivity contribution in [1.29, 1.82) is 0 Å². The number of hydrogen-bond donors (Lipinski definition) is 6. The molecule has 0 radical (unpaired) electrons. The highest BCUT2D eigenvalue weighted by Gasteiger charge is 2.28. The summed E-state index contributed by atoms with van der Waals surface area (Å²) in [6, 6.07) is 15.0. The van der Waals surface area contributed by atoms with E-state index in [0.29, 0.717) is 64.4 Å². The highest BCUT2D eigenvalue weighted by atomic mass is 16.3. The van der Waals surface area contributed by atoms with E-state index in [1.807, 2.05) is 12.1 Å². The van der Waals surface area contributed by atoms with E-state index >= 15 is 0 Å². The third-order valence-corrected chi connectivity index (χ3v) is 10.8. The lowest BCUT2D eigenvalue weighted by Gasteiger charge is -2.28. The summed E-state index contributed by atoms with van der Waals surface area (Å²) >= 11 is 0. The summed E-state index contributed by atoms with van der Waals surface area (Å²) in [5.74, 6) is 0.446. The first-order valence-electron chi connectivity index (χ1n) is 20.5. The summed E-state index contributed by atoms with van der Waals surface area (Å²) in [7, 11) is 0. The molecule has 314 valence electrons. The number of anilines is 2. The van der Waals surface area contributed by atoms with Gasteiger partial charge in [-0.1, -0.05) is 107 Å². The van der Waals surface area contributed by atoms with Crippen molar-refractivity contribution < 1.29 is 30.0 Å². The molecule has 8 nitrogen and oxygen atoms in total. The predicted molar refractivity (Wildman–Crippen MR) is 238 cm³/mol. The number of carbonyl (C=O) groups is 2. The fourth-order valence-electron chi connectivity index (χ4n) is 7.45. The molecule has 8 heteroatoms. The van der Waals surface area contributed by atoms with Crippen LogP contribution in [-0.2, 0) is 50.5 Å². The monoisotopic (exact) mass is 793 g/mol. The van der Waals surface area contributed by atoms with Crippen molar-refractivity contribution in [1.82, 2.24) is 0 Å². The number of amides is 2. The molecule has 0 fully saturated rings. The van der Waals surface area contributed by atoms with E-state index < -0.39 is 0 Å². The average Bonchev–Trinajstić information content (AvgIpc) is 3.07. The van der Waals surface area contributed by atoms with Gasteiger partial charge in [0.1, 0.15) is 23.0 Å². The summed E-state index contributed by atoms with van der Waals surface area (Å²) in [5.41, 5.74) is 7.83. The molecular formula is C50H68N2O6. The zero-order chi connectivity index (χ0) is 43.7. The predicted octanol–water partition coefficient (Wildman–Crippen LogP) is 11.4. The lowest BCUT2D eigenvalue weighted by Crippen LogP contribution is -2.18. The highest BCUT2D eigenvalue weighted by Crippen LogP contribution is 2.42. The number of nitrogens with one attached hydrogen (secondary N) is 2. The van der Waals surface area contributed by atoms with Crippen molar-refractivity contribution in [3.8, 4) is 23.0 Å². The van der Waals surface area contributed by atoms with E-state index in [2.05, 4.69) is 106 Å². The first-order valence-corrected chi connectivity index (χ1v) is 20.5. The van der Waals surface area contributed by atoms with Gasteiger partial charge in [-0.25, -0.2) is 0 Å². The van der Waals surface area contributed by atoms with Crippen molar-refractivity contribution in [2.45, 2.75) is 157 Å². The van der Waals surface area contributed by atoms with Gasteiger partial charge in [-0.2, -0.15) is 0 Å². The summed E-state index contributed by atoms with van der Waals surface area (Å²) in [4.78, 5) is 26.5. The van der Waals surface area contributed by atoms with E-state index in [0.717, 1.165) is 33.4 Å². The summed E-state index contributed by atoms with van der Waals surface area (Å²) in [5, 5.41) is 50.3. The van der Waals surface area contributed by atoms with Crippen LogP contribution in [0.4, 0.5) is 11.4 Å². The molecule has 0 atom stereocenters. The van der Waals surface area contributed by atoms with E-state index in [1.54, 1.807) is 38.1 Å². The molecule has 0 bridgehead atoms. The van der Waals surface area contributed by atoms with Crippen molar-refractivity contribution in [3.05, 3.63) is 104 Å². The SMILES string of the molecule is Cc1cc(NC(=O)CCCc2cc(C(C)(C)C)c(O)c(C(C)(C)C)c2)cc(Cc2cc(NC(=O)CCc3cc(C(C)(C)C)c(O)c(C(C)(C)C)c3)cc(C)c2O)c1O. The number of benzene rings is 4. The minimum atomic E-state index is -0.274. The van der Waals surface area contributed by atoms with Gasteiger partial charge >= 0.3 is 0 Å². The van der Waals surface area contributed by atoms with Gasteiger partial charge in [-0.05, 0) is 124 Å². The Kier molecular flexibility index (Phi) is 13.5. The lowest BCUT2D eigenvalue weighted by atomic mass is 9.78. The van der Waals surface area contributed by atoms with Gasteiger partial charge in [0, 0.05) is 41.8 Å². The van der Waals surface area contributed by atoms with Crippen LogP contribution in [0.3, 0.4) is 0 Å². The fourth-order valence-corrected chi connectivity index (χ4v) is 7.45. The van der Waals surface area contributed by atoms with Crippen molar-refractivity contribution in [2.24, 2.45) is 0 Å². The molecule has 0 aliphatic carbocycles. The van der Waals surface area contributed by atoms with Crippen LogP contribution in [0, 0.1) is 13.8 Å². The zero-order valence-corrected chi connectivity index (χ0v) is 37.5. The number of rotatable bonds is 11. The fraction of sp³-hybridized carbons (Fsp3) is 0.480. The van der Waals surface area contributed by atoms with Crippen LogP contribution in [0.5, 0.6) is 23.0 Å². The van der Waals surface area contributed by atoms with Gasteiger partial charge < -0.3 is 31.1 Å². The molecule has 4 rings (SSSR count). The standard InChI is InChI=1S/C50H68N2O6/c1-29-20-35(51-41(53)17-15-16-31-22-37(47(3,4)5)45(57)38(23-31)48(6,7)8)27-33(43(29)55)26-34-28-36(21-30(2)44(34)56)52-42(54)19-18-32-24-39(49(9,10)11)46(58)40(25-32)50(12,13)14/h20-25,27-28,55-58H,15-19,26H2,1-14H3,(H,51,53)(H,52,54). The van der Waals surface area contributed by atoms with E-state index in [9.17, 15) is 30.0 Å². The van der Waals surface area contributed by atoms with Crippen LogP contribution >= 0.6 is 0 Å². The van der Waals surface area contributed by atoms with Gasteiger partial charge in [0.15, 0.2) is 0 Å². The van der Waals surface area contributed by atoms with Crippen molar-refractivity contribution in [2.75, 3.05) is 10.6 Å². The van der Waals surface area contributed by atoms with Crippen molar-refractivity contribution in [3.63, 3.8) is 0 Å². The maximum Gasteiger partial charge on any atom is 0.224 e. The Balaban J connectivity index is 1.46. The average molecular weight is 793 g/mol. The van der Waals surface area contributed by atoms with E-state index in [-0.39, 0.29) is 64.2 Å². The van der Waals surface area contributed by atoms with Crippen LogP contribution in [0.25, 0.3) is 0 Å². The largest absolute Gasteiger partial charge is 0.507 e. The van der Waals surface area contributed by atoms with Gasteiger partial charge in [-0.15, -0.1) is 0 Å². The summed E-state index contributed by atoms with van der Waals surface area (Å²) in [6.45, 7) is 28.4. The highest BCUT2D eigenvalue weighted by molar-refractivity contribution is 5.92. The molecular weight excluding hydrogens is 725 g/mol.